The summed E-state index contributed by atoms with van der Waals surface area (Å²) >= 11 is 0. The number of esters is 1. The van der Waals surface area contributed by atoms with Crippen LogP contribution in [0.15, 0.2) is 10.5 Å². The maximum absolute atomic E-state index is 11.6. The van der Waals surface area contributed by atoms with Gasteiger partial charge in [-0.1, -0.05) is 0 Å². The van der Waals surface area contributed by atoms with E-state index >= 15 is 0 Å². The monoisotopic (exact) mass is 342 g/mol. The summed E-state index contributed by atoms with van der Waals surface area (Å²) in [5.41, 5.74) is 0.544. The molecule has 0 radical (unpaired) electrons. The first-order valence-electron chi connectivity index (χ1n) is 8.30. The predicted molar refractivity (Wildman–Crippen MR) is 91.1 cm³/mol. The molecule has 3 heterocycles. The van der Waals surface area contributed by atoms with E-state index in [1.807, 2.05) is 13.0 Å². The second kappa shape index (κ2) is 8.18. The van der Waals surface area contributed by atoms with Crippen LogP contribution < -0.4 is 5.32 Å². The number of carbonyl (C=O) groups is 1. The summed E-state index contributed by atoms with van der Waals surface area (Å²) in [7, 11) is 1.40. The van der Waals surface area contributed by atoms with Crippen molar-refractivity contribution in [1.82, 2.24) is 10.2 Å². The first-order chi connectivity index (χ1) is 10.7. The highest BCUT2D eigenvalue weighted by molar-refractivity contribution is 5.90. The fraction of sp³-hybridized carbons (Fsp3) is 0.706. The zero-order valence-electron chi connectivity index (χ0n) is 14.0. The minimum Gasteiger partial charge on any atom is -0.465 e. The van der Waals surface area contributed by atoms with Crippen LogP contribution in [0.1, 0.15) is 47.6 Å². The van der Waals surface area contributed by atoms with E-state index in [0.717, 1.165) is 37.4 Å². The Morgan fingerprint density at radius 3 is 2.74 bits per heavy atom. The van der Waals surface area contributed by atoms with Crippen molar-refractivity contribution < 1.29 is 13.9 Å². The van der Waals surface area contributed by atoms with Gasteiger partial charge in [-0.15, -0.1) is 12.4 Å². The van der Waals surface area contributed by atoms with Gasteiger partial charge in [-0.3, -0.25) is 4.90 Å². The molecule has 1 aromatic heterocycles. The number of hydrogen-bond donors (Lipinski definition) is 1. The molecular formula is C17H27ClN2O3. The number of nitrogens with one attached hydrogen (secondary N) is 1. The van der Waals surface area contributed by atoms with Crippen molar-refractivity contribution in [2.24, 2.45) is 5.92 Å². The van der Waals surface area contributed by atoms with E-state index < -0.39 is 0 Å². The lowest BCUT2D eigenvalue weighted by molar-refractivity contribution is 0.0599. The highest BCUT2D eigenvalue weighted by Crippen LogP contribution is 2.27. The van der Waals surface area contributed by atoms with Crippen molar-refractivity contribution in [3.63, 3.8) is 0 Å². The molecule has 0 aromatic carbocycles. The number of nitrogens with zero attached hydrogens (tertiary/aromatic N) is 1. The SMILES string of the molecule is COC(=O)c1cc(CN2CCC(C3CCCN3)CC2)oc1C.Cl. The summed E-state index contributed by atoms with van der Waals surface area (Å²) in [4.78, 5) is 14.0. The lowest BCUT2D eigenvalue weighted by atomic mass is 9.88. The molecule has 5 nitrogen and oxygen atoms in total. The van der Waals surface area contributed by atoms with E-state index in [-0.39, 0.29) is 18.4 Å². The van der Waals surface area contributed by atoms with E-state index in [9.17, 15) is 4.79 Å². The minimum atomic E-state index is -0.321. The van der Waals surface area contributed by atoms with E-state index in [2.05, 4.69) is 10.2 Å². The van der Waals surface area contributed by atoms with E-state index in [1.165, 1.54) is 39.3 Å². The molecule has 6 heteroatoms. The van der Waals surface area contributed by atoms with Crippen LogP contribution in [-0.2, 0) is 11.3 Å². The maximum Gasteiger partial charge on any atom is 0.341 e. The predicted octanol–water partition coefficient (Wildman–Crippen LogP) is 2.76. The Labute approximate surface area is 144 Å². The molecule has 130 valence electrons. The highest BCUT2D eigenvalue weighted by atomic mass is 35.5. The van der Waals surface area contributed by atoms with Gasteiger partial charge in [-0.05, 0) is 64.2 Å². The molecule has 3 rings (SSSR count). The summed E-state index contributed by atoms with van der Waals surface area (Å²) in [6.45, 7) is 6.00. The molecule has 23 heavy (non-hydrogen) atoms. The van der Waals surface area contributed by atoms with Crippen LogP contribution in [0.2, 0.25) is 0 Å². The van der Waals surface area contributed by atoms with Gasteiger partial charge in [0.15, 0.2) is 0 Å². The van der Waals surface area contributed by atoms with Crippen LogP contribution in [0.4, 0.5) is 0 Å². The smallest absolute Gasteiger partial charge is 0.341 e. The topological polar surface area (TPSA) is 54.7 Å². The van der Waals surface area contributed by atoms with Crippen LogP contribution in [0, 0.1) is 12.8 Å². The minimum absolute atomic E-state index is 0. The fourth-order valence-electron chi connectivity index (χ4n) is 3.78. The lowest BCUT2D eigenvalue weighted by Crippen LogP contribution is -2.40. The number of likely N-dealkylation sites (tertiary alicyclic amines) is 1. The summed E-state index contributed by atoms with van der Waals surface area (Å²) in [5.74, 6) is 2.00. The summed E-state index contributed by atoms with van der Waals surface area (Å²) in [5, 5.41) is 3.63. The summed E-state index contributed by atoms with van der Waals surface area (Å²) in [6, 6.07) is 2.56. The van der Waals surface area contributed by atoms with Gasteiger partial charge in [0.25, 0.3) is 0 Å². The van der Waals surface area contributed by atoms with Crippen molar-refractivity contribution in [3.05, 3.63) is 23.2 Å². The van der Waals surface area contributed by atoms with Crippen molar-refractivity contribution >= 4 is 18.4 Å². The zero-order valence-corrected chi connectivity index (χ0v) is 14.8. The Balaban J connectivity index is 0.00000192. The molecule has 0 amide bonds. The first-order valence-corrected chi connectivity index (χ1v) is 8.30. The average Bonchev–Trinajstić information content (AvgIpc) is 3.17. The Morgan fingerprint density at radius 2 is 2.13 bits per heavy atom. The largest absolute Gasteiger partial charge is 0.465 e. The van der Waals surface area contributed by atoms with Gasteiger partial charge in [-0.2, -0.15) is 0 Å². The molecular weight excluding hydrogens is 316 g/mol. The average molecular weight is 343 g/mol. The van der Waals surface area contributed by atoms with Gasteiger partial charge in [0, 0.05) is 6.04 Å². The molecule has 2 saturated heterocycles. The fourth-order valence-corrected chi connectivity index (χ4v) is 3.78. The third kappa shape index (κ3) is 4.28. The number of methoxy groups -OCH3 is 1. The number of carbonyl (C=O) groups excluding carboxylic acids is 1. The molecule has 2 fully saturated rings. The molecule has 0 bridgehead atoms. The molecule has 2 aliphatic rings. The maximum atomic E-state index is 11.6. The van der Waals surface area contributed by atoms with Crippen LogP contribution in [0.25, 0.3) is 0 Å². The Kier molecular flexibility index (Phi) is 6.50. The van der Waals surface area contributed by atoms with Gasteiger partial charge in [-0.25, -0.2) is 4.79 Å². The number of piperidine rings is 1. The van der Waals surface area contributed by atoms with Gasteiger partial charge >= 0.3 is 5.97 Å². The second-order valence-corrected chi connectivity index (χ2v) is 6.49. The number of aryl methyl sites for hydroxylation is 1. The molecule has 0 spiro atoms. The molecule has 1 aromatic rings. The number of halogens is 1. The Morgan fingerprint density at radius 1 is 1.39 bits per heavy atom. The molecule has 2 aliphatic heterocycles. The van der Waals surface area contributed by atoms with Gasteiger partial charge in [0.1, 0.15) is 17.1 Å². The third-order valence-electron chi connectivity index (χ3n) is 5.05. The zero-order chi connectivity index (χ0) is 15.5. The number of hydrogen-bond acceptors (Lipinski definition) is 5. The van der Waals surface area contributed by atoms with E-state index in [4.69, 9.17) is 9.15 Å². The third-order valence-corrected chi connectivity index (χ3v) is 5.05. The normalized spacial score (nSPS) is 22.8. The molecule has 0 aliphatic carbocycles. The Bertz CT molecular complexity index is 518. The highest BCUT2D eigenvalue weighted by Gasteiger charge is 2.28. The summed E-state index contributed by atoms with van der Waals surface area (Å²) < 4.78 is 10.5. The van der Waals surface area contributed by atoms with Crippen molar-refractivity contribution in [2.75, 3.05) is 26.7 Å². The first kappa shape index (κ1) is 18.3. The van der Waals surface area contributed by atoms with Gasteiger partial charge in [0.05, 0.1) is 13.7 Å². The number of furan rings is 1. The quantitative estimate of drug-likeness (QED) is 0.853. The van der Waals surface area contributed by atoms with Crippen molar-refractivity contribution in [1.29, 1.82) is 0 Å². The van der Waals surface area contributed by atoms with Crippen molar-refractivity contribution in [3.8, 4) is 0 Å². The Hall–Kier alpha value is -1.04. The van der Waals surface area contributed by atoms with Crippen molar-refractivity contribution in [2.45, 2.75) is 45.2 Å². The van der Waals surface area contributed by atoms with E-state index in [1.54, 1.807) is 0 Å². The van der Waals surface area contributed by atoms with Crippen LogP contribution in [0.5, 0.6) is 0 Å². The standard InChI is InChI=1S/C17H26N2O3.ClH/c1-12-15(17(20)21-2)10-14(22-12)11-19-8-5-13(6-9-19)16-4-3-7-18-16;/h10,13,16,18H,3-9,11H2,1-2H3;1H. The van der Waals surface area contributed by atoms with Gasteiger partial charge < -0.3 is 14.5 Å². The van der Waals surface area contributed by atoms with Crippen LogP contribution in [-0.4, -0.2) is 43.7 Å². The van der Waals surface area contributed by atoms with Gasteiger partial charge in [0.2, 0.25) is 0 Å². The second-order valence-electron chi connectivity index (χ2n) is 6.49. The molecule has 1 N–H and O–H groups in total. The molecule has 0 saturated carbocycles. The molecule has 1 unspecified atom stereocenters. The lowest BCUT2D eigenvalue weighted by Gasteiger charge is -2.34. The molecule has 1 atom stereocenters. The van der Waals surface area contributed by atoms with Crippen LogP contribution >= 0.6 is 12.4 Å². The van der Waals surface area contributed by atoms with E-state index in [0.29, 0.717) is 11.3 Å². The number of rotatable bonds is 4. The summed E-state index contributed by atoms with van der Waals surface area (Å²) in [6.07, 6.45) is 5.17. The van der Waals surface area contributed by atoms with Crippen LogP contribution in [0.3, 0.4) is 0 Å². The number of ether oxygens (including phenoxy) is 1.